The molecule has 128 valence electrons. The van der Waals surface area contributed by atoms with E-state index >= 15 is 0 Å². The molecule has 2 aromatic carbocycles. The van der Waals surface area contributed by atoms with E-state index in [1.54, 1.807) is 13.2 Å². The van der Waals surface area contributed by atoms with Crippen LogP contribution in [0.2, 0.25) is 0 Å². The summed E-state index contributed by atoms with van der Waals surface area (Å²) in [6, 6.07) is 11.6. The molecule has 0 radical (unpaired) electrons. The Kier molecular flexibility index (Phi) is 4.57. The number of aliphatic imine (C=N–C) groups is 1. The van der Waals surface area contributed by atoms with Gasteiger partial charge in [0.25, 0.3) is 5.91 Å². The Balaban J connectivity index is 2.14. The van der Waals surface area contributed by atoms with Crippen molar-refractivity contribution in [3.63, 3.8) is 0 Å². The van der Waals surface area contributed by atoms with Crippen LogP contribution in [0, 0.1) is 6.92 Å². The molecule has 0 spiro atoms. The molecule has 4 N–H and O–H groups in total. The Morgan fingerprint density at radius 1 is 1.20 bits per heavy atom. The fraction of sp³-hybridized carbons (Fsp3) is 0.200. The highest BCUT2D eigenvalue weighted by molar-refractivity contribution is 6.03. The third-order valence-electron chi connectivity index (χ3n) is 4.36. The number of carbonyl (C=O) groups excluding carboxylic acids is 1. The Morgan fingerprint density at radius 2 is 2.00 bits per heavy atom. The van der Waals surface area contributed by atoms with E-state index in [4.69, 9.17) is 16.2 Å². The van der Waals surface area contributed by atoms with Gasteiger partial charge in [0.05, 0.1) is 7.11 Å². The predicted molar refractivity (Wildman–Crippen MR) is 99.7 cm³/mol. The molecule has 0 aromatic heterocycles. The molecule has 1 aliphatic carbocycles. The average molecular weight is 335 g/mol. The highest BCUT2D eigenvalue weighted by Crippen LogP contribution is 2.38. The fourth-order valence-electron chi connectivity index (χ4n) is 3.23. The van der Waals surface area contributed by atoms with Crippen LogP contribution in [-0.4, -0.2) is 19.0 Å². The zero-order valence-corrected chi connectivity index (χ0v) is 14.4. The number of hydrogen-bond acceptors (Lipinski definition) is 2. The molecule has 0 fully saturated rings. The quantitative estimate of drug-likeness (QED) is 0.666. The maximum Gasteiger partial charge on any atom is 0.280 e. The van der Waals surface area contributed by atoms with E-state index in [9.17, 15) is 4.79 Å². The van der Waals surface area contributed by atoms with E-state index in [0.29, 0.717) is 5.56 Å². The third-order valence-corrected chi connectivity index (χ3v) is 4.36. The number of aryl methyl sites for hydroxylation is 2. The molecule has 0 atom stereocenters. The molecule has 0 unspecified atom stereocenters. The number of amides is 1. The number of nitrogens with zero attached hydrogens (tertiary/aromatic N) is 1. The van der Waals surface area contributed by atoms with Gasteiger partial charge >= 0.3 is 0 Å². The van der Waals surface area contributed by atoms with Gasteiger partial charge in [-0.1, -0.05) is 24.3 Å². The van der Waals surface area contributed by atoms with Crippen LogP contribution in [0.15, 0.2) is 47.5 Å². The molecule has 1 amide bonds. The highest BCUT2D eigenvalue weighted by Gasteiger charge is 2.20. The summed E-state index contributed by atoms with van der Waals surface area (Å²) in [5.41, 5.74) is 16.6. The molecule has 3 rings (SSSR count). The second-order valence-electron chi connectivity index (χ2n) is 6.02. The second kappa shape index (κ2) is 6.81. The summed E-state index contributed by atoms with van der Waals surface area (Å²) in [6.07, 6.45) is 4.08. The first-order chi connectivity index (χ1) is 12.0. The standard InChI is InChI=1S/C20H21N3O2/c1-12-5-3-8-17(25-2)18(12)15-7-4-6-13-9-10-14(11-16(13)15)19(24)23-20(21)22/h3,5,7-11H,4,6H2,1-2H3,(H4,21,22,23,24). The lowest BCUT2D eigenvalue weighted by Crippen LogP contribution is -2.24. The topological polar surface area (TPSA) is 90.7 Å². The summed E-state index contributed by atoms with van der Waals surface area (Å²) >= 11 is 0. The van der Waals surface area contributed by atoms with Gasteiger partial charge < -0.3 is 16.2 Å². The van der Waals surface area contributed by atoms with Gasteiger partial charge in [-0.15, -0.1) is 0 Å². The number of benzene rings is 2. The second-order valence-corrected chi connectivity index (χ2v) is 6.02. The lowest BCUT2D eigenvalue weighted by Gasteiger charge is -2.22. The van der Waals surface area contributed by atoms with Crippen molar-refractivity contribution in [3.05, 3.63) is 70.3 Å². The average Bonchev–Trinajstić information content (AvgIpc) is 2.60. The van der Waals surface area contributed by atoms with Crippen molar-refractivity contribution in [2.75, 3.05) is 7.11 Å². The van der Waals surface area contributed by atoms with E-state index in [1.807, 2.05) is 24.3 Å². The van der Waals surface area contributed by atoms with Crippen LogP contribution >= 0.6 is 0 Å². The lowest BCUT2D eigenvalue weighted by atomic mass is 9.84. The molecule has 5 nitrogen and oxygen atoms in total. The van der Waals surface area contributed by atoms with Crippen molar-refractivity contribution in [2.45, 2.75) is 19.8 Å². The van der Waals surface area contributed by atoms with Gasteiger partial charge in [-0.3, -0.25) is 4.79 Å². The van der Waals surface area contributed by atoms with Gasteiger partial charge in [-0.05, 0) is 60.2 Å². The Hall–Kier alpha value is -3.08. The van der Waals surface area contributed by atoms with E-state index in [1.165, 1.54) is 5.56 Å². The van der Waals surface area contributed by atoms with Crippen LogP contribution in [0.5, 0.6) is 5.75 Å². The zero-order chi connectivity index (χ0) is 18.0. The van der Waals surface area contributed by atoms with Crippen molar-refractivity contribution >= 4 is 17.4 Å². The lowest BCUT2D eigenvalue weighted by molar-refractivity contribution is 0.100. The minimum Gasteiger partial charge on any atom is -0.496 e. The molecular formula is C20H21N3O2. The summed E-state index contributed by atoms with van der Waals surface area (Å²) in [4.78, 5) is 15.8. The minimum atomic E-state index is -0.440. The highest BCUT2D eigenvalue weighted by atomic mass is 16.5. The van der Waals surface area contributed by atoms with Crippen molar-refractivity contribution in [3.8, 4) is 5.75 Å². The maximum atomic E-state index is 12.2. The Morgan fingerprint density at radius 3 is 2.72 bits per heavy atom. The first kappa shape index (κ1) is 16.8. The Labute approximate surface area is 147 Å². The number of ether oxygens (including phenoxy) is 1. The van der Waals surface area contributed by atoms with E-state index in [2.05, 4.69) is 24.1 Å². The molecule has 0 heterocycles. The van der Waals surface area contributed by atoms with Crippen LogP contribution in [0.25, 0.3) is 5.57 Å². The predicted octanol–water partition coefficient (Wildman–Crippen LogP) is 2.80. The first-order valence-corrected chi connectivity index (χ1v) is 8.12. The van der Waals surface area contributed by atoms with Gasteiger partial charge in [0.15, 0.2) is 5.96 Å². The van der Waals surface area contributed by atoms with Gasteiger partial charge in [0, 0.05) is 11.1 Å². The van der Waals surface area contributed by atoms with E-state index in [-0.39, 0.29) is 5.96 Å². The van der Waals surface area contributed by atoms with Crippen molar-refractivity contribution in [2.24, 2.45) is 16.5 Å². The first-order valence-electron chi connectivity index (χ1n) is 8.12. The van der Waals surface area contributed by atoms with Crippen LogP contribution < -0.4 is 16.2 Å². The minimum absolute atomic E-state index is 0.237. The van der Waals surface area contributed by atoms with Crippen molar-refractivity contribution in [1.82, 2.24) is 0 Å². The summed E-state index contributed by atoms with van der Waals surface area (Å²) < 4.78 is 5.56. The molecule has 5 heteroatoms. The number of methoxy groups -OCH3 is 1. The van der Waals surface area contributed by atoms with E-state index < -0.39 is 5.91 Å². The zero-order valence-electron chi connectivity index (χ0n) is 14.4. The Bertz CT molecular complexity index is 894. The summed E-state index contributed by atoms with van der Waals surface area (Å²) in [7, 11) is 1.67. The largest absolute Gasteiger partial charge is 0.496 e. The van der Waals surface area contributed by atoms with Gasteiger partial charge in [-0.2, -0.15) is 4.99 Å². The summed E-state index contributed by atoms with van der Waals surface area (Å²) in [5.74, 6) is 0.142. The molecule has 0 saturated heterocycles. The van der Waals surface area contributed by atoms with E-state index in [0.717, 1.165) is 40.9 Å². The van der Waals surface area contributed by atoms with Crippen molar-refractivity contribution < 1.29 is 9.53 Å². The van der Waals surface area contributed by atoms with Crippen LogP contribution in [0.1, 0.15) is 39.0 Å². The fourth-order valence-corrected chi connectivity index (χ4v) is 3.23. The smallest absolute Gasteiger partial charge is 0.280 e. The summed E-state index contributed by atoms with van der Waals surface area (Å²) in [5, 5.41) is 0. The number of allylic oxidation sites excluding steroid dienone is 1. The molecule has 0 bridgehead atoms. The number of rotatable bonds is 3. The molecule has 2 aromatic rings. The number of hydrogen-bond donors (Lipinski definition) is 2. The number of fused-ring (bicyclic) bond motifs is 1. The summed E-state index contributed by atoms with van der Waals surface area (Å²) in [6.45, 7) is 2.06. The van der Waals surface area contributed by atoms with Gasteiger partial charge in [-0.25, -0.2) is 0 Å². The third kappa shape index (κ3) is 3.26. The SMILES string of the molecule is COc1cccc(C)c1C1=CCCc2ccc(C(=O)N=C(N)N)cc21. The molecular weight excluding hydrogens is 314 g/mol. The molecule has 0 aliphatic heterocycles. The van der Waals surface area contributed by atoms with Crippen LogP contribution in [0.3, 0.4) is 0 Å². The number of nitrogens with two attached hydrogens (primary N) is 2. The van der Waals surface area contributed by atoms with Crippen LogP contribution in [-0.2, 0) is 6.42 Å². The van der Waals surface area contributed by atoms with Gasteiger partial charge in [0.2, 0.25) is 0 Å². The van der Waals surface area contributed by atoms with Crippen molar-refractivity contribution in [1.29, 1.82) is 0 Å². The maximum absolute atomic E-state index is 12.2. The monoisotopic (exact) mass is 335 g/mol. The molecule has 1 aliphatic rings. The van der Waals surface area contributed by atoms with Crippen LogP contribution in [0.4, 0.5) is 0 Å². The number of guanidine groups is 1. The molecule has 25 heavy (non-hydrogen) atoms. The molecule has 0 saturated carbocycles. The number of carbonyl (C=O) groups is 1. The normalized spacial score (nSPS) is 12.8. The van der Waals surface area contributed by atoms with Gasteiger partial charge in [0.1, 0.15) is 5.75 Å².